The smallest absolute Gasteiger partial charge is 0.242 e. The number of amides is 1. The molecule has 1 aliphatic heterocycles. The van der Waals surface area contributed by atoms with Gasteiger partial charge < -0.3 is 24.5 Å². The maximum atomic E-state index is 14.7. The van der Waals surface area contributed by atoms with Gasteiger partial charge in [-0.15, -0.1) is 0 Å². The van der Waals surface area contributed by atoms with Crippen LogP contribution in [0, 0.1) is 5.82 Å². The molecule has 0 saturated carbocycles. The first-order valence-electron chi connectivity index (χ1n) is 13.1. The maximum absolute atomic E-state index is 14.7. The van der Waals surface area contributed by atoms with Gasteiger partial charge in [0.1, 0.15) is 11.9 Å². The first-order chi connectivity index (χ1) is 18.8. The average Bonchev–Trinajstić information content (AvgIpc) is 3.66. The molecule has 1 fully saturated rings. The van der Waals surface area contributed by atoms with Crippen LogP contribution in [-0.2, 0) is 18.4 Å². The van der Waals surface area contributed by atoms with Crippen molar-refractivity contribution in [2.45, 2.75) is 32.4 Å². The summed E-state index contributed by atoms with van der Waals surface area (Å²) in [4.78, 5) is 16.1. The lowest BCUT2D eigenvalue weighted by Gasteiger charge is -2.29. The summed E-state index contributed by atoms with van der Waals surface area (Å²) < 4.78 is 27.3. The Morgan fingerprint density at radius 3 is 2.41 bits per heavy atom. The molecular weight excluding hydrogens is 497 g/mol. The SMILES string of the molecule is COc1cc(/C=C2/C(C)=C(C(C(=O)NCc3cccn3C)N3CCCC3)c3cc(F)ccc32)cc(OC)c1O. The number of nitrogens with zero attached hydrogens (tertiary/aromatic N) is 2. The number of fused-ring (bicyclic) bond motifs is 1. The number of hydrogen-bond donors (Lipinski definition) is 2. The van der Waals surface area contributed by atoms with Crippen LogP contribution in [-0.4, -0.2) is 53.8 Å². The summed E-state index contributed by atoms with van der Waals surface area (Å²) in [5.74, 6) is 0.0493. The number of methoxy groups -OCH3 is 2. The van der Waals surface area contributed by atoms with Crippen LogP contribution in [0.4, 0.5) is 4.39 Å². The predicted molar refractivity (Wildman–Crippen MR) is 150 cm³/mol. The van der Waals surface area contributed by atoms with Gasteiger partial charge >= 0.3 is 0 Å². The van der Waals surface area contributed by atoms with Crippen molar-refractivity contribution in [3.05, 3.63) is 82.4 Å². The van der Waals surface area contributed by atoms with Gasteiger partial charge in [0.05, 0.1) is 20.8 Å². The van der Waals surface area contributed by atoms with E-state index in [2.05, 4.69) is 10.2 Å². The zero-order chi connectivity index (χ0) is 27.7. The van der Waals surface area contributed by atoms with Gasteiger partial charge in [0, 0.05) is 18.9 Å². The molecule has 0 spiro atoms. The zero-order valence-electron chi connectivity index (χ0n) is 22.8. The Bertz CT molecular complexity index is 1440. The number of aromatic nitrogens is 1. The molecule has 2 heterocycles. The summed E-state index contributed by atoms with van der Waals surface area (Å²) in [6.07, 6.45) is 5.94. The normalized spacial score (nSPS) is 17.0. The molecule has 0 radical (unpaired) electrons. The van der Waals surface area contributed by atoms with E-state index in [1.165, 1.54) is 26.4 Å². The monoisotopic (exact) mass is 531 g/mol. The van der Waals surface area contributed by atoms with E-state index in [-0.39, 0.29) is 29.0 Å². The molecule has 8 heteroatoms. The maximum Gasteiger partial charge on any atom is 0.242 e. The number of likely N-dealkylation sites (tertiary alicyclic amines) is 1. The van der Waals surface area contributed by atoms with Crippen molar-refractivity contribution >= 4 is 23.1 Å². The van der Waals surface area contributed by atoms with Gasteiger partial charge in [0.25, 0.3) is 0 Å². The van der Waals surface area contributed by atoms with Gasteiger partial charge in [0.15, 0.2) is 11.5 Å². The number of aromatic hydroxyl groups is 1. The van der Waals surface area contributed by atoms with Crippen LogP contribution in [0.3, 0.4) is 0 Å². The van der Waals surface area contributed by atoms with Gasteiger partial charge in [-0.25, -0.2) is 4.39 Å². The lowest BCUT2D eigenvalue weighted by Crippen LogP contribution is -2.46. The molecule has 3 aromatic rings. The fourth-order valence-electron chi connectivity index (χ4n) is 5.66. The topological polar surface area (TPSA) is 76.0 Å². The number of allylic oxidation sites excluding steroid dienone is 2. The van der Waals surface area contributed by atoms with E-state index >= 15 is 0 Å². The second-order valence-electron chi connectivity index (χ2n) is 10.0. The number of phenols is 1. The van der Waals surface area contributed by atoms with Gasteiger partial charge in [0.2, 0.25) is 11.7 Å². The number of carbonyl (C=O) groups excluding carboxylic acids is 1. The average molecular weight is 532 g/mol. The van der Waals surface area contributed by atoms with Crippen LogP contribution in [0.5, 0.6) is 17.2 Å². The molecule has 39 heavy (non-hydrogen) atoms. The van der Waals surface area contributed by atoms with Gasteiger partial charge in [-0.3, -0.25) is 9.69 Å². The number of rotatable bonds is 8. The lowest BCUT2D eigenvalue weighted by atomic mass is 9.96. The molecule has 1 saturated heterocycles. The van der Waals surface area contributed by atoms with Gasteiger partial charge in [-0.05, 0) is 109 Å². The van der Waals surface area contributed by atoms with E-state index in [0.29, 0.717) is 6.54 Å². The molecule has 2 aromatic carbocycles. The third-order valence-corrected chi connectivity index (χ3v) is 7.71. The summed E-state index contributed by atoms with van der Waals surface area (Å²) >= 11 is 0. The summed E-state index contributed by atoms with van der Waals surface area (Å²) in [5.41, 5.74) is 5.94. The largest absolute Gasteiger partial charge is 0.502 e. The number of nitrogens with one attached hydrogen (secondary N) is 1. The van der Waals surface area contributed by atoms with Crippen LogP contribution in [0.2, 0.25) is 0 Å². The molecule has 5 rings (SSSR count). The minimum atomic E-state index is -0.553. The number of phenolic OH excluding ortho intramolecular Hbond substituents is 1. The molecule has 2 N–H and O–H groups in total. The molecule has 7 nitrogen and oxygen atoms in total. The molecule has 1 unspecified atom stereocenters. The highest BCUT2D eigenvalue weighted by atomic mass is 19.1. The van der Waals surface area contributed by atoms with Crippen molar-refractivity contribution in [3.63, 3.8) is 0 Å². The van der Waals surface area contributed by atoms with Crippen LogP contribution in [0.1, 0.15) is 42.1 Å². The number of halogens is 1. The number of hydrogen-bond acceptors (Lipinski definition) is 5. The number of aryl methyl sites for hydroxylation is 1. The van der Waals surface area contributed by atoms with E-state index in [9.17, 15) is 14.3 Å². The first-order valence-corrected chi connectivity index (χ1v) is 13.1. The molecular formula is C31H34FN3O4. The zero-order valence-corrected chi connectivity index (χ0v) is 22.8. The van der Waals surface area contributed by atoms with Crippen molar-refractivity contribution in [1.29, 1.82) is 0 Å². The number of benzene rings is 2. The second-order valence-corrected chi connectivity index (χ2v) is 10.0. The van der Waals surface area contributed by atoms with Crippen molar-refractivity contribution < 1.29 is 23.8 Å². The molecule has 1 amide bonds. The molecule has 0 bridgehead atoms. The Morgan fingerprint density at radius 1 is 1.10 bits per heavy atom. The lowest BCUT2D eigenvalue weighted by molar-refractivity contribution is -0.124. The van der Waals surface area contributed by atoms with E-state index in [4.69, 9.17) is 9.47 Å². The van der Waals surface area contributed by atoms with E-state index in [0.717, 1.165) is 65.0 Å². The second kappa shape index (κ2) is 11.0. The summed E-state index contributed by atoms with van der Waals surface area (Å²) in [5, 5.41) is 13.5. The Hall–Kier alpha value is -4.04. The Morgan fingerprint density at radius 2 is 1.79 bits per heavy atom. The highest BCUT2D eigenvalue weighted by molar-refractivity contribution is 6.11. The Labute approximate surface area is 228 Å². The molecule has 1 atom stereocenters. The molecule has 1 aromatic heterocycles. The van der Waals surface area contributed by atoms with Gasteiger partial charge in [-0.1, -0.05) is 6.07 Å². The standard InChI is InChI=1S/C31H34FN3O4/c1-19-24(14-20-15-26(38-3)30(36)27(16-20)39-4)23-10-9-21(32)17-25(23)28(19)29(35-12-5-6-13-35)31(37)33-18-22-8-7-11-34(22)2/h7-11,14-17,29,36H,5-6,12-13,18H2,1-4H3,(H,33,37)/b24-14-. The first kappa shape index (κ1) is 26.6. The van der Waals surface area contributed by atoms with Crippen molar-refractivity contribution in [1.82, 2.24) is 14.8 Å². The number of carbonyl (C=O) groups is 1. The highest BCUT2D eigenvalue weighted by Crippen LogP contribution is 2.46. The van der Waals surface area contributed by atoms with Crippen LogP contribution in [0.25, 0.3) is 17.2 Å². The highest BCUT2D eigenvalue weighted by Gasteiger charge is 2.38. The third kappa shape index (κ3) is 5.04. The molecule has 1 aliphatic carbocycles. The quantitative estimate of drug-likeness (QED) is 0.428. The van der Waals surface area contributed by atoms with Crippen molar-refractivity contribution in [2.75, 3.05) is 27.3 Å². The Kier molecular flexibility index (Phi) is 7.48. The van der Waals surface area contributed by atoms with E-state index in [1.807, 2.05) is 42.9 Å². The van der Waals surface area contributed by atoms with Gasteiger partial charge in [-0.2, -0.15) is 0 Å². The minimum absolute atomic E-state index is 0.0759. The molecule has 204 valence electrons. The number of ether oxygens (including phenoxy) is 2. The van der Waals surface area contributed by atoms with E-state index < -0.39 is 6.04 Å². The van der Waals surface area contributed by atoms with Crippen LogP contribution < -0.4 is 14.8 Å². The third-order valence-electron chi connectivity index (χ3n) is 7.71. The van der Waals surface area contributed by atoms with Crippen LogP contribution in [0.15, 0.2) is 54.2 Å². The minimum Gasteiger partial charge on any atom is -0.502 e. The summed E-state index contributed by atoms with van der Waals surface area (Å²) in [7, 11) is 4.92. The predicted octanol–water partition coefficient (Wildman–Crippen LogP) is 5.00. The van der Waals surface area contributed by atoms with E-state index in [1.54, 1.807) is 18.2 Å². The summed E-state index contributed by atoms with van der Waals surface area (Å²) in [6, 6.07) is 11.6. The molecule has 2 aliphatic rings. The Balaban J connectivity index is 1.61. The summed E-state index contributed by atoms with van der Waals surface area (Å²) in [6.45, 7) is 4.00. The van der Waals surface area contributed by atoms with Crippen LogP contribution >= 0.6 is 0 Å². The fraction of sp³-hybridized carbons (Fsp3) is 0.323. The van der Waals surface area contributed by atoms with Crippen molar-refractivity contribution in [3.8, 4) is 17.2 Å². The fourth-order valence-corrected chi connectivity index (χ4v) is 5.66. The van der Waals surface area contributed by atoms with Crippen molar-refractivity contribution in [2.24, 2.45) is 7.05 Å².